The molecule has 0 aliphatic carbocycles. The third-order valence-electron chi connectivity index (χ3n) is 7.45. The number of rotatable bonds is 7. The van der Waals surface area contributed by atoms with Gasteiger partial charge in [-0.15, -0.1) is 0 Å². The van der Waals surface area contributed by atoms with E-state index in [9.17, 15) is 19.8 Å². The van der Waals surface area contributed by atoms with E-state index < -0.39 is 12.2 Å². The van der Waals surface area contributed by atoms with Crippen LogP contribution in [-0.2, 0) is 12.0 Å². The van der Waals surface area contributed by atoms with Gasteiger partial charge in [-0.2, -0.15) is 0 Å². The van der Waals surface area contributed by atoms with Gasteiger partial charge in [0.05, 0.1) is 37.1 Å². The van der Waals surface area contributed by atoms with Crippen molar-refractivity contribution < 1.29 is 24.5 Å². The van der Waals surface area contributed by atoms with Gasteiger partial charge in [0.25, 0.3) is 5.91 Å². The van der Waals surface area contributed by atoms with Gasteiger partial charge in [-0.05, 0) is 35.2 Å². The Balaban J connectivity index is 1.68. The van der Waals surface area contributed by atoms with Gasteiger partial charge < -0.3 is 35.0 Å². The third-order valence-corrected chi connectivity index (χ3v) is 7.45. The number of ketones is 1. The van der Waals surface area contributed by atoms with E-state index >= 15 is 0 Å². The van der Waals surface area contributed by atoms with Crippen LogP contribution in [0, 0.1) is 5.41 Å². The summed E-state index contributed by atoms with van der Waals surface area (Å²) in [6.45, 7) is 6.94. The van der Waals surface area contributed by atoms with E-state index in [0.717, 1.165) is 16.8 Å². The summed E-state index contributed by atoms with van der Waals surface area (Å²) in [6, 6.07) is 7.23. The second-order valence-corrected chi connectivity index (χ2v) is 11.5. The van der Waals surface area contributed by atoms with Crippen molar-refractivity contribution in [1.82, 2.24) is 10.2 Å². The molecule has 0 spiro atoms. The van der Waals surface area contributed by atoms with Gasteiger partial charge in [-0.25, -0.2) is 0 Å². The number of aliphatic hydroxyl groups is 2. The molecule has 210 valence electrons. The fraction of sp³-hybridized carbons (Fsp3) is 0.483. The fourth-order valence-corrected chi connectivity index (χ4v) is 5.27. The lowest BCUT2D eigenvalue weighted by molar-refractivity contribution is 0.0572. The average molecular weight is 538 g/mol. The van der Waals surface area contributed by atoms with Crippen molar-refractivity contribution in [2.75, 3.05) is 57.7 Å². The van der Waals surface area contributed by atoms with E-state index in [2.05, 4.69) is 5.32 Å². The van der Waals surface area contributed by atoms with Gasteiger partial charge in [0, 0.05) is 63.2 Å². The van der Waals surface area contributed by atoms with Gasteiger partial charge in [-0.1, -0.05) is 20.8 Å². The van der Waals surface area contributed by atoms with E-state index in [1.54, 1.807) is 31.2 Å². The van der Waals surface area contributed by atoms with Crippen molar-refractivity contribution in [3.8, 4) is 5.75 Å². The molecule has 39 heavy (non-hydrogen) atoms. The molecule has 1 saturated heterocycles. The molecule has 10 nitrogen and oxygen atoms in total. The van der Waals surface area contributed by atoms with Gasteiger partial charge >= 0.3 is 0 Å². The van der Waals surface area contributed by atoms with Crippen LogP contribution >= 0.6 is 0 Å². The first kappa shape index (κ1) is 28.4. The molecule has 2 aromatic rings. The number of ether oxygens (including phenoxy) is 1. The summed E-state index contributed by atoms with van der Waals surface area (Å²) in [5.41, 5.74) is 4.36. The Labute approximate surface area is 229 Å². The van der Waals surface area contributed by atoms with Crippen LogP contribution in [0.5, 0.6) is 5.75 Å². The van der Waals surface area contributed by atoms with Crippen molar-refractivity contribution in [3.63, 3.8) is 0 Å². The maximum atomic E-state index is 13.7. The maximum absolute atomic E-state index is 13.7. The first-order valence-electron chi connectivity index (χ1n) is 13.0. The lowest BCUT2D eigenvalue weighted by Crippen LogP contribution is -2.31. The Hall–Kier alpha value is -3.63. The van der Waals surface area contributed by atoms with Crippen LogP contribution in [0.1, 0.15) is 58.2 Å². The minimum Gasteiger partial charge on any atom is -0.494 e. The monoisotopic (exact) mass is 537 g/mol. The molecule has 4 N–H and O–H groups in total. The molecule has 2 aliphatic rings. The van der Waals surface area contributed by atoms with E-state index in [1.807, 2.05) is 56.8 Å². The summed E-state index contributed by atoms with van der Waals surface area (Å²) >= 11 is 0. The lowest BCUT2D eigenvalue weighted by Gasteiger charge is -2.29. The quantitative estimate of drug-likeness (QED) is 0.395. The van der Waals surface area contributed by atoms with Gasteiger partial charge in [-0.3, -0.25) is 15.0 Å². The topological polar surface area (TPSA) is 129 Å². The summed E-state index contributed by atoms with van der Waals surface area (Å²) in [5, 5.41) is 31.8. The molecule has 0 saturated carbocycles. The van der Waals surface area contributed by atoms with Gasteiger partial charge in [0.15, 0.2) is 5.78 Å². The number of nitrogens with one attached hydrogen (secondary N) is 2. The fourth-order valence-electron chi connectivity index (χ4n) is 5.27. The van der Waals surface area contributed by atoms with Crippen LogP contribution in [0.2, 0.25) is 0 Å². The predicted molar refractivity (Wildman–Crippen MR) is 152 cm³/mol. The standard InChI is InChI=1S/C29H39N5O5/c1-29(2,3)20-8-16(9-22(26(20)39-7)33-14-24(36)25(37)15-33)23(35)13-34-12-17-10-21(32(5)6)19(28(38)31-4)11-18(17)27(34)30/h8-11,24-25,30,36-37H,12-15H2,1-7H3,(H,31,38). The molecule has 0 aromatic heterocycles. The lowest BCUT2D eigenvalue weighted by atomic mass is 9.84. The number of hydrogen-bond acceptors (Lipinski definition) is 8. The number of methoxy groups -OCH3 is 1. The first-order chi connectivity index (χ1) is 18.3. The molecule has 0 bridgehead atoms. The van der Waals surface area contributed by atoms with Gasteiger partial charge in [0.1, 0.15) is 11.6 Å². The largest absolute Gasteiger partial charge is 0.494 e. The highest BCUT2D eigenvalue weighted by Crippen LogP contribution is 2.41. The number of hydrogen-bond donors (Lipinski definition) is 4. The molecule has 2 aliphatic heterocycles. The summed E-state index contributed by atoms with van der Waals surface area (Å²) in [7, 11) is 6.88. The number of β-amino-alcohol motifs (C(OH)–C–C–N with tert-alkyl or cyclic N) is 2. The summed E-state index contributed by atoms with van der Waals surface area (Å²) < 4.78 is 5.79. The second kappa shape index (κ2) is 10.5. The zero-order chi connectivity index (χ0) is 28.8. The number of benzene rings is 2. The number of Topliss-reactive ketones (excluding diaryl/α,β-unsaturated/α-hetero) is 1. The first-order valence-corrected chi connectivity index (χ1v) is 13.0. The number of nitrogens with zero attached hydrogens (tertiary/aromatic N) is 3. The minimum atomic E-state index is -0.887. The molecule has 2 unspecified atom stereocenters. The van der Waals surface area contributed by atoms with Crippen molar-refractivity contribution in [2.45, 2.75) is 44.9 Å². The van der Waals surface area contributed by atoms with Crippen molar-refractivity contribution in [2.24, 2.45) is 0 Å². The second-order valence-electron chi connectivity index (χ2n) is 11.5. The smallest absolute Gasteiger partial charge is 0.253 e. The number of aliphatic hydroxyl groups excluding tert-OH is 2. The van der Waals surface area contributed by atoms with Crippen molar-refractivity contribution in [1.29, 1.82) is 5.41 Å². The minimum absolute atomic E-state index is 0.0132. The van der Waals surface area contributed by atoms with Crippen LogP contribution < -0.4 is 19.9 Å². The van der Waals surface area contributed by atoms with Crippen LogP contribution in [0.3, 0.4) is 0 Å². The molecular formula is C29H39N5O5. The normalized spacial score (nSPS) is 18.8. The summed E-state index contributed by atoms with van der Waals surface area (Å²) in [5.74, 6) is 0.409. The highest BCUT2D eigenvalue weighted by Gasteiger charge is 2.35. The molecule has 2 aromatic carbocycles. The Morgan fingerprint density at radius 3 is 2.31 bits per heavy atom. The molecule has 2 heterocycles. The van der Waals surface area contributed by atoms with Gasteiger partial charge in [0.2, 0.25) is 0 Å². The highest BCUT2D eigenvalue weighted by atomic mass is 16.5. The maximum Gasteiger partial charge on any atom is 0.253 e. The molecular weight excluding hydrogens is 498 g/mol. The number of carbonyl (C=O) groups is 2. The molecule has 0 radical (unpaired) electrons. The number of amides is 1. The van der Waals surface area contributed by atoms with E-state index in [4.69, 9.17) is 10.1 Å². The van der Waals surface area contributed by atoms with Crippen LogP contribution in [0.15, 0.2) is 24.3 Å². The number of anilines is 2. The molecule has 4 rings (SSSR count). The summed E-state index contributed by atoms with van der Waals surface area (Å²) in [4.78, 5) is 31.6. The molecule has 10 heteroatoms. The highest BCUT2D eigenvalue weighted by molar-refractivity contribution is 6.08. The van der Waals surface area contributed by atoms with Crippen LogP contribution in [-0.4, -0.2) is 92.7 Å². The zero-order valence-corrected chi connectivity index (χ0v) is 23.8. The average Bonchev–Trinajstić information content (AvgIpc) is 3.38. The van der Waals surface area contributed by atoms with E-state index in [0.29, 0.717) is 34.7 Å². The number of carbonyl (C=O) groups excluding carboxylic acids is 2. The SMILES string of the molecule is CNC(=O)c1cc2c(cc1N(C)C)CN(CC(=O)c1cc(N3CC(O)C(O)C3)c(OC)c(C(C)(C)C)c1)C2=N. The molecule has 1 fully saturated rings. The number of fused-ring (bicyclic) bond motifs is 1. The Kier molecular flexibility index (Phi) is 7.64. The Morgan fingerprint density at radius 1 is 1.13 bits per heavy atom. The Bertz CT molecular complexity index is 1310. The summed E-state index contributed by atoms with van der Waals surface area (Å²) in [6.07, 6.45) is -1.77. The van der Waals surface area contributed by atoms with Crippen molar-refractivity contribution >= 4 is 28.9 Å². The number of amidine groups is 1. The Morgan fingerprint density at radius 2 is 1.77 bits per heavy atom. The molecule has 2 atom stereocenters. The van der Waals surface area contributed by atoms with Crippen LogP contribution in [0.4, 0.5) is 11.4 Å². The predicted octanol–water partition coefficient (Wildman–Crippen LogP) is 1.98. The zero-order valence-electron chi connectivity index (χ0n) is 23.8. The van der Waals surface area contributed by atoms with Crippen molar-refractivity contribution in [3.05, 3.63) is 52.1 Å². The molecule has 1 amide bonds. The third kappa shape index (κ3) is 5.31. The van der Waals surface area contributed by atoms with E-state index in [-0.39, 0.29) is 42.6 Å². The van der Waals surface area contributed by atoms with Crippen LogP contribution in [0.25, 0.3) is 0 Å². The van der Waals surface area contributed by atoms with E-state index in [1.165, 1.54) is 0 Å².